The highest BCUT2D eigenvalue weighted by molar-refractivity contribution is 14.0. The average Bonchev–Trinajstić information content (AvgIpc) is 2.98. The Bertz CT molecular complexity index is 259. The largest absolute Gasteiger partial charge is 0.379 e. The van der Waals surface area contributed by atoms with E-state index in [-0.39, 0.29) is 24.0 Å². The van der Waals surface area contributed by atoms with Crippen molar-refractivity contribution in [3.8, 4) is 0 Å². The lowest BCUT2D eigenvalue weighted by Gasteiger charge is -2.12. The first kappa shape index (κ1) is 20.9. The maximum Gasteiger partial charge on any atom is 0.190 e. The topological polar surface area (TPSA) is 54.9 Å². The minimum atomic E-state index is 0. The molecule has 2 N–H and O–H groups in total. The summed E-state index contributed by atoms with van der Waals surface area (Å²) in [6.07, 6.45) is 7.35. The Morgan fingerprint density at radius 3 is 2.62 bits per heavy atom. The van der Waals surface area contributed by atoms with E-state index in [1.54, 1.807) is 0 Å². The van der Waals surface area contributed by atoms with Crippen LogP contribution in [0.5, 0.6) is 0 Å². The van der Waals surface area contributed by atoms with Gasteiger partial charge in [0.2, 0.25) is 0 Å². The van der Waals surface area contributed by atoms with E-state index >= 15 is 0 Å². The molecular formula is C15H32IN3O2. The molecule has 0 aromatic rings. The van der Waals surface area contributed by atoms with Gasteiger partial charge in [0.1, 0.15) is 0 Å². The number of nitrogens with one attached hydrogen (secondary N) is 2. The highest BCUT2D eigenvalue weighted by Gasteiger charge is 2.14. The predicted molar refractivity (Wildman–Crippen MR) is 98.7 cm³/mol. The van der Waals surface area contributed by atoms with E-state index in [4.69, 9.17) is 9.47 Å². The van der Waals surface area contributed by atoms with Gasteiger partial charge in [-0.25, -0.2) is 0 Å². The summed E-state index contributed by atoms with van der Waals surface area (Å²) in [7, 11) is 1.81. The molecule has 0 aromatic carbocycles. The molecule has 0 aromatic heterocycles. The molecule has 0 spiro atoms. The van der Waals surface area contributed by atoms with Crippen LogP contribution in [0.15, 0.2) is 4.99 Å². The summed E-state index contributed by atoms with van der Waals surface area (Å²) in [5, 5.41) is 6.62. The molecule has 1 rings (SSSR count). The maximum atomic E-state index is 5.62. The molecule has 0 aliphatic carbocycles. The second-order valence-electron chi connectivity index (χ2n) is 5.20. The number of ether oxygens (including phenoxy) is 2. The lowest BCUT2D eigenvalue weighted by molar-refractivity contribution is 0.0168. The van der Waals surface area contributed by atoms with Crippen molar-refractivity contribution in [1.82, 2.24) is 10.6 Å². The van der Waals surface area contributed by atoms with Crippen molar-refractivity contribution in [1.29, 1.82) is 0 Å². The van der Waals surface area contributed by atoms with Crippen LogP contribution in [0.1, 0.15) is 45.4 Å². The maximum absolute atomic E-state index is 5.62. The third-order valence-corrected chi connectivity index (χ3v) is 3.38. The zero-order valence-corrected chi connectivity index (χ0v) is 15.9. The zero-order valence-electron chi connectivity index (χ0n) is 13.5. The third-order valence-electron chi connectivity index (χ3n) is 3.38. The van der Waals surface area contributed by atoms with Crippen molar-refractivity contribution >= 4 is 29.9 Å². The zero-order chi connectivity index (χ0) is 14.5. The Morgan fingerprint density at radius 1 is 1.24 bits per heavy atom. The fraction of sp³-hybridized carbons (Fsp3) is 0.933. The SMILES string of the molecule is CCCCCNC(=NC)NCCCOCC1CCCO1.I. The van der Waals surface area contributed by atoms with Crippen LogP contribution in [0.4, 0.5) is 0 Å². The Balaban J connectivity index is 0.00000400. The average molecular weight is 413 g/mol. The highest BCUT2D eigenvalue weighted by atomic mass is 127. The molecule has 5 nitrogen and oxygen atoms in total. The molecule has 6 heteroatoms. The summed E-state index contributed by atoms with van der Waals surface area (Å²) in [4.78, 5) is 4.20. The minimum absolute atomic E-state index is 0. The van der Waals surface area contributed by atoms with E-state index in [1.807, 2.05) is 7.05 Å². The molecule has 126 valence electrons. The van der Waals surface area contributed by atoms with E-state index in [0.29, 0.717) is 6.10 Å². The normalized spacial score (nSPS) is 18.4. The number of hydrogen-bond donors (Lipinski definition) is 2. The molecule has 0 saturated carbocycles. The summed E-state index contributed by atoms with van der Waals surface area (Å²) in [6.45, 7) is 6.50. The van der Waals surface area contributed by atoms with E-state index < -0.39 is 0 Å². The smallest absolute Gasteiger partial charge is 0.190 e. The van der Waals surface area contributed by atoms with Crippen LogP contribution < -0.4 is 10.6 Å². The summed E-state index contributed by atoms with van der Waals surface area (Å²) in [5.74, 6) is 0.889. The second kappa shape index (κ2) is 14.8. The van der Waals surface area contributed by atoms with Crippen LogP contribution in [-0.2, 0) is 9.47 Å². The van der Waals surface area contributed by atoms with Crippen molar-refractivity contribution in [3.63, 3.8) is 0 Å². The van der Waals surface area contributed by atoms with Crippen LogP contribution in [-0.4, -0.2) is 52.0 Å². The summed E-state index contributed by atoms with van der Waals surface area (Å²) < 4.78 is 11.1. The van der Waals surface area contributed by atoms with E-state index in [9.17, 15) is 0 Å². The Labute approximate surface area is 146 Å². The number of unbranched alkanes of at least 4 members (excludes halogenated alkanes) is 2. The quantitative estimate of drug-likeness (QED) is 0.250. The van der Waals surface area contributed by atoms with Crippen molar-refractivity contribution in [2.45, 2.75) is 51.6 Å². The minimum Gasteiger partial charge on any atom is -0.379 e. The predicted octanol–water partition coefficient (Wildman–Crippen LogP) is 2.55. The number of halogens is 1. The first-order valence-corrected chi connectivity index (χ1v) is 8.00. The second-order valence-corrected chi connectivity index (χ2v) is 5.20. The number of aliphatic imine (C=N–C) groups is 1. The van der Waals surface area contributed by atoms with Gasteiger partial charge in [-0.15, -0.1) is 24.0 Å². The fourth-order valence-electron chi connectivity index (χ4n) is 2.17. The van der Waals surface area contributed by atoms with Crippen molar-refractivity contribution < 1.29 is 9.47 Å². The fourth-order valence-corrected chi connectivity index (χ4v) is 2.17. The number of guanidine groups is 1. The monoisotopic (exact) mass is 413 g/mol. The van der Waals surface area contributed by atoms with E-state index in [1.165, 1.54) is 25.7 Å². The first-order valence-electron chi connectivity index (χ1n) is 8.00. The number of nitrogens with zero attached hydrogens (tertiary/aromatic N) is 1. The molecule has 0 radical (unpaired) electrons. The van der Waals surface area contributed by atoms with Gasteiger partial charge in [-0.3, -0.25) is 4.99 Å². The Kier molecular flexibility index (Phi) is 14.8. The van der Waals surface area contributed by atoms with E-state index in [2.05, 4.69) is 22.5 Å². The molecule has 0 amide bonds. The molecule has 1 atom stereocenters. The molecule has 1 saturated heterocycles. The van der Waals surface area contributed by atoms with Crippen molar-refractivity contribution in [2.24, 2.45) is 4.99 Å². The van der Waals surface area contributed by atoms with Crippen LogP contribution >= 0.6 is 24.0 Å². The van der Waals surface area contributed by atoms with Crippen LogP contribution in [0, 0.1) is 0 Å². The molecule has 1 aliphatic heterocycles. The molecule has 1 fully saturated rings. The molecular weight excluding hydrogens is 381 g/mol. The van der Waals surface area contributed by atoms with Gasteiger partial charge in [-0.1, -0.05) is 19.8 Å². The summed E-state index contributed by atoms with van der Waals surface area (Å²) in [5.41, 5.74) is 0. The van der Waals surface area contributed by atoms with Gasteiger partial charge in [0.05, 0.1) is 12.7 Å². The van der Waals surface area contributed by atoms with Crippen LogP contribution in [0.3, 0.4) is 0 Å². The van der Waals surface area contributed by atoms with Gasteiger partial charge in [0.25, 0.3) is 0 Å². The summed E-state index contributed by atoms with van der Waals surface area (Å²) >= 11 is 0. The lowest BCUT2D eigenvalue weighted by Crippen LogP contribution is -2.38. The van der Waals surface area contributed by atoms with Crippen molar-refractivity contribution in [3.05, 3.63) is 0 Å². The lowest BCUT2D eigenvalue weighted by atomic mass is 10.2. The Morgan fingerprint density at radius 2 is 2.00 bits per heavy atom. The molecule has 21 heavy (non-hydrogen) atoms. The van der Waals surface area contributed by atoms with Gasteiger partial charge >= 0.3 is 0 Å². The molecule has 1 unspecified atom stereocenters. The molecule has 0 bridgehead atoms. The standard InChI is InChI=1S/C15H31N3O2.HI/c1-3-4-5-9-17-15(16-2)18-10-7-11-19-13-14-8-6-12-20-14;/h14H,3-13H2,1-2H3,(H2,16,17,18);1H. The van der Waals surface area contributed by atoms with Gasteiger partial charge < -0.3 is 20.1 Å². The highest BCUT2D eigenvalue weighted by Crippen LogP contribution is 2.11. The molecule has 1 heterocycles. The summed E-state index contributed by atoms with van der Waals surface area (Å²) in [6, 6.07) is 0. The van der Waals surface area contributed by atoms with Gasteiger partial charge in [0, 0.05) is 33.4 Å². The third kappa shape index (κ3) is 11.2. The molecule has 1 aliphatic rings. The van der Waals surface area contributed by atoms with Gasteiger partial charge in [-0.05, 0) is 25.7 Å². The number of hydrogen-bond acceptors (Lipinski definition) is 3. The number of rotatable bonds is 10. The van der Waals surface area contributed by atoms with Crippen LogP contribution in [0.25, 0.3) is 0 Å². The first-order chi connectivity index (χ1) is 9.86. The van der Waals surface area contributed by atoms with Gasteiger partial charge in [-0.2, -0.15) is 0 Å². The van der Waals surface area contributed by atoms with Crippen molar-refractivity contribution in [2.75, 3.05) is 40.0 Å². The Hall–Kier alpha value is -0.0800. The van der Waals surface area contributed by atoms with Crippen LogP contribution in [0.2, 0.25) is 0 Å². The van der Waals surface area contributed by atoms with E-state index in [0.717, 1.165) is 51.7 Å². The van der Waals surface area contributed by atoms with Gasteiger partial charge in [0.15, 0.2) is 5.96 Å².